The van der Waals surface area contributed by atoms with E-state index in [9.17, 15) is 0 Å². The highest BCUT2D eigenvalue weighted by molar-refractivity contribution is 5.33. The third-order valence-corrected chi connectivity index (χ3v) is 3.14. The van der Waals surface area contributed by atoms with E-state index >= 15 is 0 Å². The maximum absolute atomic E-state index is 3.46. The minimum atomic E-state index is 0.612. The second-order valence-electron chi connectivity index (χ2n) is 4.92. The number of hydrogen-bond donors (Lipinski definition) is 1. The quantitative estimate of drug-likeness (QED) is 0.721. The van der Waals surface area contributed by atoms with Crippen molar-refractivity contribution < 1.29 is 0 Å². The highest BCUT2D eigenvalue weighted by Crippen LogP contribution is 2.14. The van der Waals surface area contributed by atoms with E-state index in [1.807, 2.05) is 0 Å². The van der Waals surface area contributed by atoms with Crippen LogP contribution in [-0.2, 0) is 6.42 Å². The van der Waals surface area contributed by atoms with E-state index in [0.29, 0.717) is 6.04 Å². The van der Waals surface area contributed by atoms with E-state index in [1.165, 1.54) is 36.0 Å². The van der Waals surface area contributed by atoms with E-state index in [4.69, 9.17) is 0 Å². The zero-order valence-corrected chi connectivity index (χ0v) is 11.1. The van der Waals surface area contributed by atoms with Gasteiger partial charge in [-0.2, -0.15) is 0 Å². The standard InChI is InChI=1S/C15H25N/c1-12(2)16-11-6-5-9-15-10-7-8-13(3)14(15)4/h7-8,10,12,16H,5-6,9,11H2,1-4H3. The minimum Gasteiger partial charge on any atom is -0.315 e. The van der Waals surface area contributed by atoms with Crippen molar-refractivity contribution in [3.05, 3.63) is 34.9 Å². The second-order valence-corrected chi connectivity index (χ2v) is 4.92. The van der Waals surface area contributed by atoms with Crippen LogP contribution in [0, 0.1) is 13.8 Å². The normalized spacial score (nSPS) is 11.1. The van der Waals surface area contributed by atoms with Crippen LogP contribution >= 0.6 is 0 Å². The maximum atomic E-state index is 3.46. The Labute approximate surface area is 100 Å². The summed E-state index contributed by atoms with van der Waals surface area (Å²) >= 11 is 0. The van der Waals surface area contributed by atoms with Gasteiger partial charge >= 0.3 is 0 Å². The molecule has 0 aliphatic carbocycles. The van der Waals surface area contributed by atoms with Crippen LogP contribution in [0.25, 0.3) is 0 Å². The average molecular weight is 219 g/mol. The van der Waals surface area contributed by atoms with E-state index in [-0.39, 0.29) is 0 Å². The Balaban J connectivity index is 2.29. The molecule has 1 aromatic rings. The fourth-order valence-electron chi connectivity index (χ4n) is 1.91. The Hall–Kier alpha value is -0.820. The Morgan fingerprint density at radius 2 is 1.88 bits per heavy atom. The third-order valence-electron chi connectivity index (χ3n) is 3.14. The molecule has 0 amide bonds. The minimum absolute atomic E-state index is 0.612. The van der Waals surface area contributed by atoms with Gasteiger partial charge in [0.15, 0.2) is 0 Å². The van der Waals surface area contributed by atoms with Crippen LogP contribution in [0.15, 0.2) is 18.2 Å². The van der Waals surface area contributed by atoms with Crippen molar-refractivity contribution in [3.8, 4) is 0 Å². The molecule has 0 spiro atoms. The molecule has 1 aromatic carbocycles. The largest absolute Gasteiger partial charge is 0.315 e. The first-order chi connectivity index (χ1) is 7.61. The van der Waals surface area contributed by atoms with Crippen LogP contribution in [0.1, 0.15) is 43.4 Å². The molecule has 0 fully saturated rings. The summed E-state index contributed by atoms with van der Waals surface area (Å²) in [5.41, 5.74) is 4.40. The van der Waals surface area contributed by atoms with Gasteiger partial charge in [-0.15, -0.1) is 0 Å². The Kier molecular flexibility index (Phi) is 5.54. The van der Waals surface area contributed by atoms with Crippen LogP contribution in [0.5, 0.6) is 0 Å². The van der Waals surface area contributed by atoms with Gasteiger partial charge in [-0.3, -0.25) is 0 Å². The van der Waals surface area contributed by atoms with Gasteiger partial charge in [-0.1, -0.05) is 32.0 Å². The molecule has 16 heavy (non-hydrogen) atoms. The summed E-state index contributed by atoms with van der Waals surface area (Å²) in [7, 11) is 0. The number of nitrogens with one attached hydrogen (secondary N) is 1. The first-order valence-corrected chi connectivity index (χ1v) is 6.39. The molecule has 1 heteroatoms. The van der Waals surface area contributed by atoms with Crippen LogP contribution in [0.3, 0.4) is 0 Å². The Morgan fingerprint density at radius 1 is 1.12 bits per heavy atom. The monoisotopic (exact) mass is 219 g/mol. The number of unbranched alkanes of at least 4 members (excludes halogenated alkanes) is 1. The number of rotatable bonds is 6. The van der Waals surface area contributed by atoms with E-state index in [2.05, 4.69) is 51.2 Å². The summed E-state index contributed by atoms with van der Waals surface area (Å²) in [4.78, 5) is 0. The molecule has 0 aromatic heterocycles. The van der Waals surface area contributed by atoms with Crippen LogP contribution < -0.4 is 5.32 Å². The summed E-state index contributed by atoms with van der Waals surface area (Å²) in [6.45, 7) is 9.97. The van der Waals surface area contributed by atoms with Gasteiger partial charge in [0.05, 0.1) is 0 Å². The highest BCUT2D eigenvalue weighted by atomic mass is 14.9. The SMILES string of the molecule is Cc1cccc(CCCCNC(C)C)c1C. The summed E-state index contributed by atoms with van der Waals surface area (Å²) < 4.78 is 0. The molecule has 1 rings (SSSR count). The van der Waals surface area contributed by atoms with Crippen molar-refractivity contribution in [1.29, 1.82) is 0 Å². The predicted octanol–water partition coefficient (Wildman–Crippen LogP) is 3.62. The van der Waals surface area contributed by atoms with Gasteiger partial charge in [0.1, 0.15) is 0 Å². The fourth-order valence-corrected chi connectivity index (χ4v) is 1.91. The molecule has 0 radical (unpaired) electrons. The number of benzene rings is 1. The van der Waals surface area contributed by atoms with Gasteiger partial charge in [0.25, 0.3) is 0 Å². The van der Waals surface area contributed by atoms with Crippen molar-refractivity contribution in [2.24, 2.45) is 0 Å². The Morgan fingerprint density at radius 3 is 2.56 bits per heavy atom. The second kappa shape index (κ2) is 6.70. The number of aryl methyl sites for hydroxylation is 2. The first-order valence-electron chi connectivity index (χ1n) is 6.39. The molecule has 0 atom stereocenters. The van der Waals surface area contributed by atoms with Crippen molar-refractivity contribution in [1.82, 2.24) is 5.32 Å². The molecule has 0 bridgehead atoms. The molecule has 0 heterocycles. The van der Waals surface area contributed by atoms with Crippen molar-refractivity contribution in [3.63, 3.8) is 0 Å². The Bertz CT molecular complexity index is 315. The molecule has 0 saturated carbocycles. The number of hydrogen-bond acceptors (Lipinski definition) is 1. The lowest BCUT2D eigenvalue weighted by atomic mass is 9.99. The lowest BCUT2D eigenvalue weighted by Crippen LogP contribution is -2.23. The molecule has 1 N–H and O–H groups in total. The molecular formula is C15H25N. The molecule has 0 saturated heterocycles. The molecule has 1 nitrogen and oxygen atoms in total. The zero-order valence-electron chi connectivity index (χ0n) is 11.1. The predicted molar refractivity (Wildman–Crippen MR) is 72.0 cm³/mol. The zero-order chi connectivity index (χ0) is 12.0. The summed E-state index contributed by atoms with van der Waals surface area (Å²) in [6, 6.07) is 7.24. The molecule has 90 valence electrons. The van der Waals surface area contributed by atoms with Gasteiger partial charge in [0.2, 0.25) is 0 Å². The van der Waals surface area contributed by atoms with E-state index in [1.54, 1.807) is 0 Å². The maximum Gasteiger partial charge on any atom is 0.00103 e. The van der Waals surface area contributed by atoms with Gasteiger partial charge in [0, 0.05) is 6.04 Å². The summed E-state index contributed by atoms with van der Waals surface area (Å²) in [5.74, 6) is 0. The van der Waals surface area contributed by atoms with Crippen LogP contribution in [-0.4, -0.2) is 12.6 Å². The topological polar surface area (TPSA) is 12.0 Å². The van der Waals surface area contributed by atoms with Crippen LogP contribution in [0.2, 0.25) is 0 Å². The third kappa shape index (κ3) is 4.36. The van der Waals surface area contributed by atoms with E-state index < -0.39 is 0 Å². The average Bonchev–Trinajstić information content (AvgIpc) is 2.23. The molecule has 0 unspecified atom stereocenters. The summed E-state index contributed by atoms with van der Waals surface area (Å²) in [5, 5.41) is 3.46. The lowest BCUT2D eigenvalue weighted by molar-refractivity contribution is 0.557. The molecular weight excluding hydrogens is 194 g/mol. The van der Waals surface area contributed by atoms with Gasteiger partial charge in [-0.25, -0.2) is 0 Å². The van der Waals surface area contributed by atoms with Crippen molar-refractivity contribution in [2.75, 3.05) is 6.54 Å². The van der Waals surface area contributed by atoms with Crippen molar-refractivity contribution >= 4 is 0 Å². The van der Waals surface area contributed by atoms with Gasteiger partial charge < -0.3 is 5.32 Å². The highest BCUT2D eigenvalue weighted by Gasteiger charge is 2.00. The lowest BCUT2D eigenvalue weighted by Gasteiger charge is -2.10. The first kappa shape index (κ1) is 13.2. The smallest absolute Gasteiger partial charge is 0.00103 e. The summed E-state index contributed by atoms with van der Waals surface area (Å²) in [6.07, 6.45) is 3.77. The molecule has 0 aliphatic heterocycles. The molecule has 0 aliphatic rings. The van der Waals surface area contributed by atoms with Gasteiger partial charge in [-0.05, 0) is 56.3 Å². The van der Waals surface area contributed by atoms with Crippen LogP contribution in [0.4, 0.5) is 0 Å². The fraction of sp³-hybridized carbons (Fsp3) is 0.600. The van der Waals surface area contributed by atoms with E-state index in [0.717, 1.165) is 6.54 Å². The van der Waals surface area contributed by atoms with Crippen molar-refractivity contribution in [2.45, 2.75) is 53.0 Å².